The van der Waals surface area contributed by atoms with Gasteiger partial charge in [-0.1, -0.05) is 38.5 Å². The molecule has 0 amide bonds. The van der Waals surface area contributed by atoms with Crippen LogP contribution in [0.3, 0.4) is 0 Å². The summed E-state index contributed by atoms with van der Waals surface area (Å²) in [6, 6.07) is 11.9. The normalized spacial score (nSPS) is 22.9. The summed E-state index contributed by atoms with van der Waals surface area (Å²) in [6.07, 6.45) is 6.08. The molecular formula is C29H26F2N4O. The van der Waals surface area contributed by atoms with E-state index in [-0.39, 0.29) is 28.9 Å². The lowest BCUT2D eigenvalue weighted by molar-refractivity contribution is -0.122. The summed E-state index contributed by atoms with van der Waals surface area (Å²) in [5, 5.41) is 9.80. The average Bonchev–Trinajstić information content (AvgIpc) is 2.90. The minimum Gasteiger partial charge on any atom is -0.293 e. The number of carbonyl (C=O) groups is 1. The molecule has 2 aliphatic rings. The van der Waals surface area contributed by atoms with Crippen LogP contribution in [0.5, 0.6) is 0 Å². The number of aromatic nitrogens is 3. The van der Waals surface area contributed by atoms with Gasteiger partial charge in [-0.15, -0.1) is 0 Å². The molecule has 0 bridgehead atoms. The number of halogens is 2. The van der Waals surface area contributed by atoms with Crippen LogP contribution in [-0.2, 0) is 23.3 Å². The van der Waals surface area contributed by atoms with Gasteiger partial charge in [0, 0.05) is 34.2 Å². The molecule has 5 nitrogen and oxygen atoms in total. The van der Waals surface area contributed by atoms with Crippen molar-refractivity contribution in [2.45, 2.75) is 51.6 Å². The number of carbonyl (C=O) groups excluding carboxylic acids is 1. The second kappa shape index (κ2) is 9.34. The van der Waals surface area contributed by atoms with Gasteiger partial charge in [0.15, 0.2) is 11.6 Å². The third-order valence-electron chi connectivity index (χ3n) is 7.59. The zero-order chi connectivity index (χ0) is 25.4. The van der Waals surface area contributed by atoms with Gasteiger partial charge in [0.1, 0.15) is 18.6 Å². The number of ketones is 1. The van der Waals surface area contributed by atoms with Gasteiger partial charge >= 0.3 is 0 Å². The number of nitrogens with zero attached hydrogens (tertiary/aromatic N) is 4. The lowest BCUT2D eigenvalue weighted by Gasteiger charge is -2.46. The fourth-order valence-corrected chi connectivity index (χ4v) is 5.92. The molecule has 7 heteroatoms. The van der Waals surface area contributed by atoms with Crippen molar-refractivity contribution in [2.24, 2.45) is 11.8 Å². The van der Waals surface area contributed by atoms with E-state index in [2.05, 4.69) is 11.1 Å². The van der Waals surface area contributed by atoms with Crippen LogP contribution in [0.25, 0.3) is 22.6 Å². The van der Waals surface area contributed by atoms with Crippen LogP contribution < -0.4 is 0 Å². The highest BCUT2D eigenvalue weighted by atomic mass is 19.1. The van der Waals surface area contributed by atoms with Gasteiger partial charge in [-0.3, -0.25) is 9.78 Å². The van der Waals surface area contributed by atoms with Crippen molar-refractivity contribution in [3.05, 3.63) is 77.0 Å². The highest BCUT2D eigenvalue weighted by Gasteiger charge is 2.50. The van der Waals surface area contributed by atoms with Crippen molar-refractivity contribution >= 4 is 5.78 Å². The highest BCUT2D eigenvalue weighted by molar-refractivity contribution is 6.02. The van der Waals surface area contributed by atoms with Gasteiger partial charge in [0.05, 0.1) is 22.7 Å². The zero-order valence-electron chi connectivity index (χ0n) is 20.3. The van der Waals surface area contributed by atoms with Crippen LogP contribution in [0.2, 0.25) is 0 Å². The van der Waals surface area contributed by atoms with E-state index >= 15 is 4.39 Å². The smallest absolute Gasteiger partial charge is 0.176 e. The largest absolute Gasteiger partial charge is 0.293 e. The van der Waals surface area contributed by atoms with E-state index in [0.717, 1.165) is 12.0 Å². The first-order chi connectivity index (χ1) is 17.4. The van der Waals surface area contributed by atoms with Gasteiger partial charge in [-0.2, -0.15) is 5.26 Å². The van der Waals surface area contributed by atoms with Gasteiger partial charge in [-0.25, -0.2) is 18.7 Å². The van der Waals surface area contributed by atoms with E-state index < -0.39 is 17.9 Å². The number of Topliss-reactive ketones (excluding diaryl/α,β-unsaturated/α-hetero) is 1. The number of allylic oxidation sites excluding steroid dienone is 2. The van der Waals surface area contributed by atoms with Crippen LogP contribution in [0.4, 0.5) is 8.78 Å². The molecule has 0 radical (unpaired) electrons. The number of hydrogen-bond acceptors (Lipinski definition) is 5. The fraction of sp³-hybridized carbons (Fsp3) is 0.345. The van der Waals surface area contributed by atoms with Crippen LogP contribution in [0.15, 0.2) is 54.2 Å². The summed E-state index contributed by atoms with van der Waals surface area (Å²) in [4.78, 5) is 26.9. The van der Waals surface area contributed by atoms with Gasteiger partial charge in [0.25, 0.3) is 0 Å². The Hall–Kier alpha value is -3.79. The molecule has 0 saturated carbocycles. The predicted octanol–water partition coefficient (Wildman–Crippen LogP) is 6.08. The Balaban J connectivity index is 1.81. The molecule has 3 aromatic rings. The summed E-state index contributed by atoms with van der Waals surface area (Å²) in [7, 11) is 0. The summed E-state index contributed by atoms with van der Waals surface area (Å²) in [6.45, 7) is 3.32. The monoisotopic (exact) mass is 484 g/mol. The van der Waals surface area contributed by atoms with Crippen LogP contribution in [-0.4, -0.2) is 20.7 Å². The molecule has 0 aliphatic heterocycles. The lowest BCUT2D eigenvalue weighted by Crippen LogP contribution is -2.47. The third kappa shape index (κ3) is 3.81. The van der Waals surface area contributed by atoms with Crippen molar-refractivity contribution in [1.29, 1.82) is 5.26 Å². The molecule has 2 aliphatic carbocycles. The van der Waals surface area contributed by atoms with Crippen LogP contribution >= 0.6 is 0 Å². The minimum atomic E-state index is -0.728. The molecule has 3 atom stereocenters. The number of fused-ring (bicyclic) bond motifs is 3. The highest BCUT2D eigenvalue weighted by Crippen LogP contribution is 2.52. The standard InChI is InChI=1S/C29H26F2N4O/c1-3-6-20-23-10-9-22-25(21-7-4-5-8-24(21)31)34-28(17-11-12-33-19(13-17)15-30)35-27(22)29(23,2)14-18(16-32)26(20)36/h4-5,7-8,11-14,20,23H,3,6,9-10,15H2,1-2H3/t20-,23-,29-/m1/s1. The Morgan fingerprint density at radius 3 is 2.75 bits per heavy atom. The number of rotatable bonds is 5. The van der Waals surface area contributed by atoms with Gasteiger partial charge < -0.3 is 0 Å². The minimum absolute atomic E-state index is 0.0374. The maximum atomic E-state index is 15.0. The van der Waals surface area contributed by atoms with E-state index in [9.17, 15) is 14.4 Å². The Morgan fingerprint density at radius 1 is 1.22 bits per heavy atom. The molecule has 182 valence electrons. The maximum Gasteiger partial charge on any atom is 0.176 e. The summed E-state index contributed by atoms with van der Waals surface area (Å²) < 4.78 is 28.4. The molecular weight excluding hydrogens is 458 g/mol. The van der Waals surface area contributed by atoms with E-state index in [1.54, 1.807) is 36.4 Å². The van der Waals surface area contributed by atoms with Crippen molar-refractivity contribution < 1.29 is 13.6 Å². The van der Waals surface area contributed by atoms with E-state index in [0.29, 0.717) is 47.6 Å². The molecule has 0 saturated heterocycles. The molecule has 1 aromatic carbocycles. The lowest BCUT2D eigenvalue weighted by atomic mass is 9.56. The SMILES string of the molecule is CCC[C@H]1C(=O)C(C#N)=C[C@@]2(C)c3nc(-c4ccnc(CF)c4)nc(-c4ccccc4F)c3CC[C@H]12. The maximum absolute atomic E-state index is 15.0. The van der Waals surface area contributed by atoms with Crippen molar-refractivity contribution in [2.75, 3.05) is 0 Å². The second-order valence-electron chi connectivity index (χ2n) is 9.73. The topological polar surface area (TPSA) is 79.5 Å². The van der Waals surface area contributed by atoms with E-state index in [1.165, 1.54) is 12.3 Å². The Kier molecular flexibility index (Phi) is 6.21. The van der Waals surface area contributed by atoms with Crippen molar-refractivity contribution in [3.8, 4) is 28.7 Å². The van der Waals surface area contributed by atoms with E-state index in [1.807, 2.05) is 13.8 Å². The summed E-state index contributed by atoms with van der Waals surface area (Å²) >= 11 is 0. The molecule has 0 fully saturated rings. The molecule has 2 heterocycles. The molecule has 0 spiro atoms. The first-order valence-corrected chi connectivity index (χ1v) is 12.3. The van der Waals surface area contributed by atoms with Gasteiger partial charge in [0.2, 0.25) is 0 Å². The summed E-state index contributed by atoms with van der Waals surface area (Å²) in [5.41, 5.74) is 2.63. The first-order valence-electron chi connectivity index (χ1n) is 12.3. The molecule has 2 aromatic heterocycles. The number of hydrogen-bond donors (Lipinski definition) is 0. The first kappa shape index (κ1) is 23.9. The predicted molar refractivity (Wildman–Crippen MR) is 132 cm³/mol. The third-order valence-corrected chi connectivity index (χ3v) is 7.59. The van der Waals surface area contributed by atoms with Crippen molar-refractivity contribution in [3.63, 3.8) is 0 Å². The Morgan fingerprint density at radius 2 is 2.03 bits per heavy atom. The summed E-state index contributed by atoms with van der Waals surface area (Å²) in [5.74, 6) is -0.476. The number of nitriles is 1. The molecule has 0 unspecified atom stereocenters. The number of pyridine rings is 1. The number of benzene rings is 1. The van der Waals surface area contributed by atoms with E-state index in [4.69, 9.17) is 9.97 Å². The fourth-order valence-electron chi connectivity index (χ4n) is 5.92. The quantitative estimate of drug-likeness (QED) is 0.438. The van der Waals surface area contributed by atoms with Gasteiger partial charge in [-0.05, 0) is 49.4 Å². The van der Waals surface area contributed by atoms with Crippen molar-refractivity contribution in [1.82, 2.24) is 15.0 Å². The number of alkyl halides is 1. The van der Waals surface area contributed by atoms with Crippen LogP contribution in [0.1, 0.15) is 50.1 Å². The molecule has 36 heavy (non-hydrogen) atoms. The Labute approximate surface area is 208 Å². The Bertz CT molecular complexity index is 1430. The average molecular weight is 485 g/mol. The van der Waals surface area contributed by atoms with Crippen LogP contribution in [0, 0.1) is 29.0 Å². The molecule has 0 N–H and O–H groups in total. The second-order valence-corrected chi connectivity index (χ2v) is 9.73. The molecule has 5 rings (SSSR count). The zero-order valence-corrected chi connectivity index (χ0v) is 20.3.